The maximum atomic E-state index is 12.0. The molecule has 0 aliphatic heterocycles. The highest BCUT2D eigenvalue weighted by Gasteiger charge is 2.05. The molecule has 0 heterocycles. The first kappa shape index (κ1) is 16.4. The standard InChI is InChI=1S/C18H20N2O3/c1-12-14(19)5-4-6-15(12)20-18(21)10-8-13-7-9-16(22-2)17(11-13)23-3/h4-11H,19H2,1-3H3,(H,20,21)/b10-8+. The van der Waals surface area contributed by atoms with Gasteiger partial charge >= 0.3 is 0 Å². The molecule has 2 aromatic rings. The highest BCUT2D eigenvalue weighted by atomic mass is 16.5. The number of hydrogen-bond acceptors (Lipinski definition) is 4. The van der Waals surface area contributed by atoms with Gasteiger partial charge in [-0.25, -0.2) is 0 Å². The molecule has 0 spiro atoms. The second-order valence-electron chi connectivity index (χ2n) is 4.96. The van der Waals surface area contributed by atoms with Gasteiger partial charge < -0.3 is 20.5 Å². The SMILES string of the molecule is COc1ccc(/C=C/C(=O)Nc2cccc(N)c2C)cc1OC. The number of methoxy groups -OCH3 is 2. The minimum absolute atomic E-state index is 0.228. The smallest absolute Gasteiger partial charge is 0.248 e. The summed E-state index contributed by atoms with van der Waals surface area (Å²) in [6, 6.07) is 10.8. The van der Waals surface area contributed by atoms with Gasteiger partial charge in [-0.2, -0.15) is 0 Å². The van der Waals surface area contributed by atoms with Crippen LogP contribution in [0.15, 0.2) is 42.5 Å². The lowest BCUT2D eigenvalue weighted by molar-refractivity contribution is -0.111. The molecule has 0 aromatic heterocycles. The molecule has 5 heteroatoms. The average Bonchev–Trinajstić information content (AvgIpc) is 2.56. The van der Waals surface area contributed by atoms with E-state index in [0.29, 0.717) is 22.9 Å². The van der Waals surface area contributed by atoms with Crippen molar-refractivity contribution in [3.8, 4) is 11.5 Å². The topological polar surface area (TPSA) is 73.6 Å². The Morgan fingerprint density at radius 2 is 1.87 bits per heavy atom. The van der Waals surface area contributed by atoms with E-state index in [1.807, 2.05) is 19.1 Å². The van der Waals surface area contributed by atoms with Crippen LogP contribution in [-0.2, 0) is 4.79 Å². The van der Waals surface area contributed by atoms with Crippen LogP contribution in [0.2, 0.25) is 0 Å². The number of amides is 1. The van der Waals surface area contributed by atoms with Gasteiger partial charge in [0.2, 0.25) is 5.91 Å². The Morgan fingerprint density at radius 3 is 2.57 bits per heavy atom. The molecule has 0 atom stereocenters. The van der Waals surface area contributed by atoms with Gasteiger partial charge in [-0.05, 0) is 48.4 Å². The molecule has 5 nitrogen and oxygen atoms in total. The monoisotopic (exact) mass is 312 g/mol. The van der Waals surface area contributed by atoms with Crippen molar-refractivity contribution >= 4 is 23.4 Å². The molecule has 3 N–H and O–H groups in total. The molecule has 0 radical (unpaired) electrons. The Labute approximate surface area is 135 Å². The number of carbonyl (C=O) groups is 1. The van der Waals surface area contributed by atoms with Gasteiger partial charge in [0.1, 0.15) is 0 Å². The molecule has 1 amide bonds. The summed E-state index contributed by atoms with van der Waals surface area (Å²) in [5.74, 6) is 1.03. The van der Waals surface area contributed by atoms with Crippen molar-refractivity contribution in [2.45, 2.75) is 6.92 Å². The Morgan fingerprint density at radius 1 is 1.13 bits per heavy atom. The van der Waals surface area contributed by atoms with Crippen LogP contribution in [0.3, 0.4) is 0 Å². The summed E-state index contributed by atoms with van der Waals surface area (Å²) in [5, 5.41) is 2.81. The molecule has 0 aliphatic rings. The molecule has 2 aromatic carbocycles. The van der Waals surface area contributed by atoms with Gasteiger partial charge in [-0.1, -0.05) is 12.1 Å². The number of ether oxygens (including phenoxy) is 2. The van der Waals surface area contributed by atoms with Gasteiger partial charge in [0.15, 0.2) is 11.5 Å². The second-order valence-corrected chi connectivity index (χ2v) is 4.96. The minimum Gasteiger partial charge on any atom is -0.493 e. The highest BCUT2D eigenvalue weighted by molar-refractivity contribution is 6.02. The molecule has 0 saturated heterocycles. The van der Waals surface area contributed by atoms with Crippen molar-refractivity contribution in [2.24, 2.45) is 0 Å². The van der Waals surface area contributed by atoms with Gasteiger partial charge in [0.25, 0.3) is 0 Å². The van der Waals surface area contributed by atoms with E-state index in [1.54, 1.807) is 44.6 Å². The van der Waals surface area contributed by atoms with Crippen molar-refractivity contribution in [3.05, 3.63) is 53.6 Å². The minimum atomic E-state index is -0.228. The van der Waals surface area contributed by atoms with Crippen LogP contribution in [0.4, 0.5) is 11.4 Å². The lowest BCUT2D eigenvalue weighted by Gasteiger charge is -2.09. The number of nitrogens with one attached hydrogen (secondary N) is 1. The van der Waals surface area contributed by atoms with E-state index in [2.05, 4.69) is 5.32 Å². The summed E-state index contributed by atoms with van der Waals surface area (Å²) in [4.78, 5) is 12.0. The molecule has 0 aliphatic carbocycles. The third-order valence-electron chi connectivity index (χ3n) is 3.47. The van der Waals surface area contributed by atoms with E-state index in [4.69, 9.17) is 15.2 Å². The second kappa shape index (κ2) is 7.35. The zero-order valence-electron chi connectivity index (χ0n) is 13.4. The number of hydrogen-bond donors (Lipinski definition) is 2. The Bertz CT molecular complexity index is 739. The number of nitrogens with two attached hydrogens (primary N) is 1. The van der Waals surface area contributed by atoms with Crippen LogP contribution in [0, 0.1) is 6.92 Å². The van der Waals surface area contributed by atoms with E-state index in [0.717, 1.165) is 11.1 Å². The zero-order valence-corrected chi connectivity index (χ0v) is 13.4. The van der Waals surface area contributed by atoms with Crippen molar-refractivity contribution in [3.63, 3.8) is 0 Å². The predicted molar refractivity (Wildman–Crippen MR) is 92.8 cm³/mol. The van der Waals surface area contributed by atoms with Crippen LogP contribution in [0.1, 0.15) is 11.1 Å². The molecule has 0 saturated carbocycles. The van der Waals surface area contributed by atoms with Crippen LogP contribution < -0.4 is 20.5 Å². The number of nitrogen functional groups attached to an aromatic ring is 1. The van der Waals surface area contributed by atoms with Crippen molar-refractivity contribution < 1.29 is 14.3 Å². The lowest BCUT2D eigenvalue weighted by atomic mass is 10.1. The average molecular weight is 312 g/mol. The number of anilines is 2. The molecule has 23 heavy (non-hydrogen) atoms. The van der Waals surface area contributed by atoms with Crippen LogP contribution >= 0.6 is 0 Å². The molecule has 0 fully saturated rings. The fraction of sp³-hybridized carbons (Fsp3) is 0.167. The van der Waals surface area contributed by atoms with E-state index >= 15 is 0 Å². The summed E-state index contributed by atoms with van der Waals surface area (Å²) in [6.45, 7) is 1.86. The van der Waals surface area contributed by atoms with Crippen LogP contribution in [-0.4, -0.2) is 20.1 Å². The third kappa shape index (κ3) is 4.03. The third-order valence-corrected chi connectivity index (χ3v) is 3.47. The summed E-state index contributed by atoms with van der Waals surface area (Å²) < 4.78 is 10.4. The highest BCUT2D eigenvalue weighted by Crippen LogP contribution is 2.28. The first-order valence-electron chi connectivity index (χ1n) is 7.11. The maximum Gasteiger partial charge on any atom is 0.248 e. The normalized spacial score (nSPS) is 10.6. The van der Waals surface area contributed by atoms with Gasteiger partial charge in [0.05, 0.1) is 14.2 Å². The Balaban J connectivity index is 2.10. The quantitative estimate of drug-likeness (QED) is 0.656. The molecule has 120 valence electrons. The molecular formula is C18H20N2O3. The molecule has 2 rings (SSSR count). The fourth-order valence-electron chi connectivity index (χ4n) is 2.09. The number of rotatable bonds is 5. The molecule has 0 bridgehead atoms. The molecular weight excluding hydrogens is 292 g/mol. The first-order valence-corrected chi connectivity index (χ1v) is 7.11. The van der Waals surface area contributed by atoms with Gasteiger partial charge in [-0.15, -0.1) is 0 Å². The van der Waals surface area contributed by atoms with Crippen molar-refractivity contribution in [1.82, 2.24) is 0 Å². The maximum absolute atomic E-state index is 12.0. The Kier molecular flexibility index (Phi) is 5.25. The number of carbonyl (C=O) groups excluding carboxylic acids is 1. The van der Waals surface area contributed by atoms with Crippen LogP contribution in [0.5, 0.6) is 11.5 Å². The van der Waals surface area contributed by atoms with E-state index in [1.165, 1.54) is 6.08 Å². The number of benzene rings is 2. The summed E-state index contributed by atoms with van der Waals surface area (Å²) in [6.07, 6.45) is 3.17. The van der Waals surface area contributed by atoms with E-state index in [9.17, 15) is 4.79 Å². The largest absolute Gasteiger partial charge is 0.493 e. The molecule has 0 unspecified atom stereocenters. The lowest BCUT2D eigenvalue weighted by Crippen LogP contribution is -2.09. The van der Waals surface area contributed by atoms with E-state index in [-0.39, 0.29) is 5.91 Å². The fourth-order valence-corrected chi connectivity index (χ4v) is 2.09. The van der Waals surface area contributed by atoms with Gasteiger partial charge in [0, 0.05) is 17.5 Å². The Hall–Kier alpha value is -2.95. The first-order chi connectivity index (χ1) is 11.0. The summed E-state index contributed by atoms with van der Waals surface area (Å²) in [7, 11) is 3.15. The van der Waals surface area contributed by atoms with Gasteiger partial charge in [-0.3, -0.25) is 4.79 Å². The zero-order chi connectivity index (χ0) is 16.8. The predicted octanol–water partition coefficient (Wildman–Crippen LogP) is 3.25. The summed E-state index contributed by atoms with van der Waals surface area (Å²) >= 11 is 0. The van der Waals surface area contributed by atoms with Crippen molar-refractivity contribution in [2.75, 3.05) is 25.3 Å². The van der Waals surface area contributed by atoms with Crippen LogP contribution in [0.25, 0.3) is 6.08 Å². The summed E-state index contributed by atoms with van der Waals surface area (Å²) in [5.41, 5.74) is 8.85. The van der Waals surface area contributed by atoms with Crippen molar-refractivity contribution in [1.29, 1.82) is 0 Å². The van der Waals surface area contributed by atoms with E-state index < -0.39 is 0 Å².